The lowest BCUT2D eigenvalue weighted by molar-refractivity contribution is 0.0937. The first-order valence-electron chi connectivity index (χ1n) is 7.00. The highest BCUT2D eigenvalue weighted by atomic mass is 32.1. The molecule has 1 amide bonds. The minimum absolute atomic E-state index is 0.246. The molecule has 0 aliphatic carbocycles. The normalized spacial score (nSPS) is 12.7. The number of aromatic nitrogens is 5. The predicted molar refractivity (Wildman–Crippen MR) is 82.9 cm³/mol. The number of carbonyl (C=O) groups excluding carboxylic acids is 1. The number of nitrogens with zero attached hydrogens (tertiary/aromatic N) is 5. The van der Waals surface area contributed by atoms with Crippen LogP contribution in [0.15, 0.2) is 24.4 Å². The van der Waals surface area contributed by atoms with Crippen molar-refractivity contribution in [3.8, 4) is 0 Å². The molecule has 3 aromatic rings. The molecule has 7 nitrogen and oxygen atoms in total. The van der Waals surface area contributed by atoms with E-state index in [0.717, 1.165) is 10.7 Å². The SMILES string of the molecule is CC(C)c1nnc(C(=O)NC(C)c2nnc3ccccn23)s1. The van der Waals surface area contributed by atoms with Crippen LogP contribution in [0.3, 0.4) is 0 Å². The van der Waals surface area contributed by atoms with Crippen molar-refractivity contribution in [3.63, 3.8) is 0 Å². The Morgan fingerprint density at radius 2 is 2.00 bits per heavy atom. The molecule has 0 aromatic carbocycles. The number of carbonyl (C=O) groups is 1. The van der Waals surface area contributed by atoms with Crippen LogP contribution in [-0.2, 0) is 0 Å². The van der Waals surface area contributed by atoms with Gasteiger partial charge in [-0.1, -0.05) is 31.3 Å². The summed E-state index contributed by atoms with van der Waals surface area (Å²) < 4.78 is 1.85. The summed E-state index contributed by atoms with van der Waals surface area (Å²) in [5.74, 6) is 0.694. The number of nitrogens with one attached hydrogen (secondary N) is 1. The monoisotopic (exact) mass is 316 g/mol. The third kappa shape index (κ3) is 2.69. The second-order valence-corrected chi connectivity index (χ2v) is 6.29. The molecule has 0 aliphatic rings. The molecule has 3 rings (SSSR count). The van der Waals surface area contributed by atoms with Crippen LogP contribution in [0.2, 0.25) is 0 Å². The van der Waals surface area contributed by atoms with Gasteiger partial charge in [-0.25, -0.2) is 0 Å². The summed E-state index contributed by atoms with van der Waals surface area (Å²) >= 11 is 1.31. The number of rotatable bonds is 4. The Morgan fingerprint density at radius 1 is 1.18 bits per heavy atom. The molecule has 0 aliphatic heterocycles. The maximum absolute atomic E-state index is 12.3. The molecule has 0 saturated carbocycles. The Bertz CT molecular complexity index is 808. The molecule has 1 N–H and O–H groups in total. The number of pyridine rings is 1. The minimum Gasteiger partial charge on any atom is -0.340 e. The van der Waals surface area contributed by atoms with E-state index >= 15 is 0 Å². The van der Waals surface area contributed by atoms with Gasteiger partial charge in [-0.2, -0.15) is 0 Å². The molecule has 3 heterocycles. The number of hydrogen-bond acceptors (Lipinski definition) is 6. The van der Waals surface area contributed by atoms with Gasteiger partial charge in [0.15, 0.2) is 11.5 Å². The van der Waals surface area contributed by atoms with Crippen molar-refractivity contribution in [1.82, 2.24) is 30.1 Å². The lowest BCUT2D eigenvalue weighted by Gasteiger charge is -2.10. The standard InChI is InChI=1S/C14H16N6OS/c1-8(2)13-18-19-14(22-13)12(21)15-9(3)11-17-16-10-6-4-5-7-20(10)11/h4-9H,1-3H3,(H,15,21). The molecule has 0 spiro atoms. The van der Waals surface area contributed by atoms with Gasteiger partial charge in [0, 0.05) is 12.1 Å². The van der Waals surface area contributed by atoms with Crippen molar-refractivity contribution in [2.24, 2.45) is 0 Å². The van der Waals surface area contributed by atoms with E-state index in [9.17, 15) is 4.79 Å². The molecule has 1 atom stereocenters. The van der Waals surface area contributed by atoms with Crippen LogP contribution < -0.4 is 5.32 Å². The van der Waals surface area contributed by atoms with Gasteiger partial charge < -0.3 is 5.32 Å². The third-order valence-corrected chi connectivity index (χ3v) is 4.43. The minimum atomic E-state index is -0.281. The first kappa shape index (κ1) is 14.6. The van der Waals surface area contributed by atoms with Gasteiger partial charge in [0.25, 0.3) is 5.91 Å². The Balaban J connectivity index is 1.78. The van der Waals surface area contributed by atoms with Gasteiger partial charge in [0.2, 0.25) is 5.01 Å². The van der Waals surface area contributed by atoms with E-state index in [0.29, 0.717) is 10.8 Å². The number of fused-ring (bicyclic) bond motifs is 1. The molecule has 0 radical (unpaired) electrons. The molecular formula is C14H16N6OS. The van der Waals surface area contributed by atoms with Crippen molar-refractivity contribution < 1.29 is 4.79 Å². The Labute approximate surface area is 131 Å². The average Bonchev–Trinajstić information content (AvgIpc) is 3.14. The highest BCUT2D eigenvalue weighted by molar-refractivity contribution is 7.13. The van der Waals surface area contributed by atoms with Gasteiger partial charge in [-0.3, -0.25) is 9.20 Å². The van der Waals surface area contributed by atoms with E-state index in [-0.39, 0.29) is 17.9 Å². The van der Waals surface area contributed by atoms with Crippen LogP contribution in [0.25, 0.3) is 5.65 Å². The molecule has 0 saturated heterocycles. The highest BCUT2D eigenvalue weighted by Gasteiger charge is 2.20. The second kappa shape index (κ2) is 5.80. The van der Waals surface area contributed by atoms with Gasteiger partial charge >= 0.3 is 0 Å². The Kier molecular flexibility index (Phi) is 3.84. The van der Waals surface area contributed by atoms with E-state index in [1.54, 1.807) is 0 Å². The maximum atomic E-state index is 12.3. The van der Waals surface area contributed by atoms with Gasteiger partial charge in [0.1, 0.15) is 5.01 Å². The first-order valence-corrected chi connectivity index (χ1v) is 7.82. The summed E-state index contributed by atoms with van der Waals surface area (Å²) in [6.45, 7) is 5.91. The maximum Gasteiger partial charge on any atom is 0.282 e. The van der Waals surface area contributed by atoms with Crippen molar-refractivity contribution in [2.75, 3.05) is 0 Å². The molecule has 3 aromatic heterocycles. The van der Waals surface area contributed by atoms with Crippen LogP contribution >= 0.6 is 11.3 Å². The summed E-state index contributed by atoms with van der Waals surface area (Å²) in [7, 11) is 0. The van der Waals surface area contributed by atoms with E-state index in [1.165, 1.54) is 11.3 Å². The average molecular weight is 316 g/mol. The summed E-state index contributed by atoms with van der Waals surface area (Å²) in [6, 6.07) is 5.38. The fourth-order valence-electron chi connectivity index (χ4n) is 2.04. The van der Waals surface area contributed by atoms with Crippen LogP contribution in [0.4, 0.5) is 0 Å². The zero-order valence-electron chi connectivity index (χ0n) is 12.5. The molecule has 0 fully saturated rings. The predicted octanol–water partition coefficient (Wildman–Crippen LogP) is 2.20. The molecule has 114 valence electrons. The van der Waals surface area contributed by atoms with Crippen LogP contribution in [0, 0.1) is 0 Å². The summed E-state index contributed by atoms with van der Waals surface area (Å²) in [4.78, 5) is 12.3. The van der Waals surface area contributed by atoms with Crippen LogP contribution in [0.5, 0.6) is 0 Å². The highest BCUT2D eigenvalue weighted by Crippen LogP contribution is 2.19. The fourth-order valence-corrected chi connectivity index (χ4v) is 2.79. The third-order valence-electron chi connectivity index (χ3n) is 3.20. The Hall–Kier alpha value is -2.35. The second-order valence-electron chi connectivity index (χ2n) is 5.28. The van der Waals surface area contributed by atoms with E-state index in [4.69, 9.17) is 0 Å². The summed E-state index contributed by atoms with van der Waals surface area (Å²) in [5.41, 5.74) is 0.747. The summed E-state index contributed by atoms with van der Waals surface area (Å²) in [5, 5.41) is 20.3. The lowest BCUT2D eigenvalue weighted by atomic mass is 10.2. The van der Waals surface area contributed by atoms with Crippen LogP contribution in [0.1, 0.15) is 53.4 Å². The largest absolute Gasteiger partial charge is 0.340 e. The van der Waals surface area contributed by atoms with Gasteiger partial charge in [-0.15, -0.1) is 20.4 Å². The zero-order chi connectivity index (χ0) is 15.7. The quantitative estimate of drug-likeness (QED) is 0.797. The van der Waals surface area contributed by atoms with Gasteiger partial charge in [0.05, 0.1) is 6.04 Å². The molecule has 0 bridgehead atoms. The molecule has 8 heteroatoms. The Morgan fingerprint density at radius 3 is 2.73 bits per heavy atom. The summed E-state index contributed by atoms with van der Waals surface area (Å²) in [6.07, 6.45) is 1.87. The van der Waals surface area contributed by atoms with Crippen molar-refractivity contribution in [2.45, 2.75) is 32.7 Å². The van der Waals surface area contributed by atoms with Crippen molar-refractivity contribution in [3.05, 3.63) is 40.2 Å². The van der Waals surface area contributed by atoms with E-state index in [2.05, 4.69) is 25.7 Å². The zero-order valence-corrected chi connectivity index (χ0v) is 13.3. The van der Waals surface area contributed by atoms with Crippen molar-refractivity contribution >= 4 is 22.9 Å². The van der Waals surface area contributed by atoms with Crippen LogP contribution in [-0.4, -0.2) is 30.7 Å². The van der Waals surface area contributed by atoms with E-state index in [1.807, 2.05) is 49.6 Å². The molecule has 22 heavy (non-hydrogen) atoms. The number of hydrogen-bond donors (Lipinski definition) is 1. The van der Waals surface area contributed by atoms with Crippen molar-refractivity contribution in [1.29, 1.82) is 0 Å². The fraction of sp³-hybridized carbons (Fsp3) is 0.357. The lowest BCUT2D eigenvalue weighted by Crippen LogP contribution is -2.27. The van der Waals surface area contributed by atoms with E-state index < -0.39 is 0 Å². The molecular weight excluding hydrogens is 300 g/mol. The number of amides is 1. The smallest absolute Gasteiger partial charge is 0.282 e. The topological polar surface area (TPSA) is 85.1 Å². The van der Waals surface area contributed by atoms with Gasteiger partial charge in [-0.05, 0) is 19.1 Å². The first-order chi connectivity index (χ1) is 10.6. The molecule has 1 unspecified atom stereocenters.